The molecule has 0 atom stereocenters. The third kappa shape index (κ3) is 3.90. The van der Waals surface area contributed by atoms with Gasteiger partial charge >= 0.3 is 12.1 Å². The molecule has 4 nitrogen and oxygen atoms in total. The number of likely N-dealkylation sites (tertiary alicyclic amines) is 1. The summed E-state index contributed by atoms with van der Waals surface area (Å²) in [7, 11) is 0. The number of fused-ring (bicyclic) bond motifs is 1. The molecule has 7 heteroatoms. The van der Waals surface area contributed by atoms with Crippen molar-refractivity contribution in [1.29, 1.82) is 0 Å². The second-order valence-corrected chi connectivity index (χ2v) is 7.82. The fourth-order valence-corrected chi connectivity index (χ4v) is 4.17. The highest BCUT2D eigenvalue weighted by molar-refractivity contribution is 5.95. The van der Waals surface area contributed by atoms with Gasteiger partial charge in [0.25, 0.3) is 0 Å². The monoisotopic (exact) mass is 394 g/mol. The zero-order chi connectivity index (χ0) is 19.9. The molecule has 1 aliphatic carbocycles. The molecule has 0 bridgehead atoms. The molecule has 1 aliphatic heterocycles. The Morgan fingerprint density at radius 1 is 1.14 bits per heavy atom. The fraction of sp³-hybridized carbons (Fsp3) is 0.571. The first kappa shape index (κ1) is 19.3. The van der Waals surface area contributed by atoms with E-state index in [1.54, 1.807) is 13.0 Å². The Labute approximate surface area is 162 Å². The van der Waals surface area contributed by atoms with Crippen LogP contribution in [0.1, 0.15) is 54.7 Å². The minimum Gasteiger partial charge on any atom is -0.462 e. The Balaban J connectivity index is 1.55. The lowest BCUT2D eigenvalue weighted by Crippen LogP contribution is -2.38. The third-order valence-electron chi connectivity index (χ3n) is 5.78. The van der Waals surface area contributed by atoms with Crippen LogP contribution in [0.4, 0.5) is 13.2 Å². The number of ether oxygens (including phenoxy) is 1. The lowest BCUT2D eigenvalue weighted by Gasteiger charge is -2.33. The SMILES string of the molecule is CCOC(=O)c1ccc2c(c1)cc(CN1CCC(C(F)(F)F)CC1)n2C1CC1. The number of halogens is 3. The minimum absolute atomic E-state index is 0.167. The van der Waals surface area contributed by atoms with Crippen LogP contribution in [0.15, 0.2) is 24.3 Å². The molecule has 28 heavy (non-hydrogen) atoms. The predicted octanol–water partition coefficient (Wildman–Crippen LogP) is 4.93. The molecule has 2 aliphatic rings. The highest BCUT2D eigenvalue weighted by Gasteiger charge is 2.41. The third-order valence-corrected chi connectivity index (χ3v) is 5.78. The quantitative estimate of drug-likeness (QED) is 0.675. The first-order valence-corrected chi connectivity index (χ1v) is 9.97. The molecule has 0 spiro atoms. The zero-order valence-corrected chi connectivity index (χ0v) is 16.0. The number of piperidine rings is 1. The summed E-state index contributed by atoms with van der Waals surface area (Å²) in [6.45, 7) is 3.68. The van der Waals surface area contributed by atoms with Crippen molar-refractivity contribution in [2.45, 2.75) is 51.4 Å². The predicted molar refractivity (Wildman–Crippen MR) is 100 cm³/mol. The number of alkyl halides is 3. The molecular weight excluding hydrogens is 369 g/mol. The van der Waals surface area contributed by atoms with Crippen molar-refractivity contribution in [2.24, 2.45) is 5.92 Å². The van der Waals surface area contributed by atoms with Gasteiger partial charge in [0, 0.05) is 29.2 Å². The van der Waals surface area contributed by atoms with Crippen LogP contribution >= 0.6 is 0 Å². The molecule has 0 amide bonds. The van der Waals surface area contributed by atoms with Gasteiger partial charge in [0.15, 0.2) is 0 Å². The molecule has 4 rings (SSSR count). The largest absolute Gasteiger partial charge is 0.462 e. The maximum absolute atomic E-state index is 12.9. The van der Waals surface area contributed by atoms with E-state index in [1.807, 2.05) is 12.1 Å². The van der Waals surface area contributed by atoms with Gasteiger partial charge < -0.3 is 9.30 Å². The first-order chi connectivity index (χ1) is 13.4. The van der Waals surface area contributed by atoms with Crippen molar-refractivity contribution in [3.05, 3.63) is 35.5 Å². The molecule has 1 aromatic heterocycles. The van der Waals surface area contributed by atoms with E-state index in [0.29, 0.717) is 37.8 Å². The van der Waals surface area contributed by atoms with Gasteiger partial charge in [-0.1, -0.05) is 0 Å². The van der Waals surface area contributed by atoms with E-state index < -0.39 is 12.1 Å². The van der Waals surface area contributed by atoms with Crippen molar-refractivity contribution in [3.8, 4) is 0 Å². The minimum atomic E-state index is -4.08. The molecule has 2 aromatic rings. The molecule has 152 valence electrons. The van der Waals surface area contributed by atoms with E-state index in [2.05, 4.69) is 15.5 Å². The number of hydrogen-bond donors (Lipinski definition) is 0. The van der Waals surface area contributed by atoms with Crippen LogP contribution in [0.5, 0.6) is 0 Å². The highest BCUT2D eigenvalue weighted by Crippen LogP contribution is 2.41. The highest BCUT2D eigenvalue weighted by atomic mass is 19.4. The van der Waals surface area contributed by atoms with Gasteiger partial charge in [0.05, 0.1) is 18.1 Å². The molecule has 0 radical (unpaired) electrons. The Bertz CT molecular complexity index is 862. The second-order valence-electron chi connectivity index (χ2n) is 7.82. The van der Waals surface area contributed by atoms with Gasteiger partial charge in [-0.15, -0.1) is 0 Å². The van der Waals surface area contributed by atoms with Crippen LogP contribution in [0.2, 0.25) is 0 Å². The number of esters is 1. The van der Waals surface area contributed by atoms with E-state index in [1.165, 1.54) is 0 Å². The van der Waals surface area contributed by atoms with E-state index in [0.717, 1.165) is 29.4 Å². The number of nitrogens with zero attached hydrogens (tertiary/aromatic N) is 2. The van der Waals surface area contributed by atoms with Crippen molar-refractivity contribution >= 4 is 16.9 Å². The Hall–Kier alpha value is -2.02. The maximum Gasteiger partial charge on any atom is 0.391 e. The Kier molecular flexibility index (Phi) is 5.12. The lowest BCUT2D eigenvalue weighted by molar-refractivity contribution is -0.185. The smallest absolute Gasteiger partial charge is 0.391 e. The molecule has 0 unspecified atom stereocenters. The summed E-state index contributed by atoms with van der Waals surface area (Å²) in [5.74, 6) is -1.51. The fourth-order valence-electron chi connectivity index (χ4n) is 4.17. The average Bonchev–Trinajstić information content (AvgIpc) is 3.42. The first-order valence-electron chi connectivity index (χ1n) is 9.97. The van der Waals surface area contributed by atoms with Crippen LogP contribution < -0.4 is 0 Å². The topological polar surface area (TPSA) is 34.5 Å². The molecule has 1 aromatic carbocycles. The number of carbonyl (C=O) groups excluding carboxylic acids is 1. The Morgan fingerprint density at radius 2 is 1.86 bits per heavy atom. The number of hydrogen-bond acceptors (Lipinski definition) is 3. The van der Waals surface area contributed by atoms with Crippen molar-refractivity contribution in [2.75, 3.05) is 19.7 Å². The molecule has 1 saturated heterocycles. The van der Waals surface area contributed by atoms with Gasteiger partial charge in [0.1, 0.15) is 0 Å². The van der Waals surface area contributed by atoms with Crippen LogP contribution in [-0.2, 0) is 11.3 Å². The summed E-state index contributed by atoms with van der Waals surface area (Å²) >= 11 is 0. The second kappa shape index (κ2) is 7.43. The summed E-state index contributed by atoms with van der Waals surface area (Å²) < 4.78 is 46.1. The van der Waals surface area contributed by atoms with Gasteiger partial charge in [0.2, 0.25) is 0 Å². The summed E-state index contributed by atoms with van der Waals surface area (Å²) in [5, 5.41) is 0.984. The zero-order valence-electron chi connectivity index (χ0n) is 16.0. The summed E-state index contributed by atoms with van der Waals surface area (Å²) in [6, 6.07) is 8.13. The van der Waals surface area contributed by atoms with Crippen LogP contribution in [0.3, 0.4) is 0 Å². The summed E-state index contributed by atoms with van der Waals surface area (Å²) in [6.07, 6.45) is -1.52. The van der Waals surface area contributed by atoms with Gasteiger partial charge in [-0.2, -0.15) is 13.2 Å². The molecule has 0 N–H and O–H groups in total. The number of carbonyl (C=O) groups is 1. The van der Waals surface area contributed by atoms with Crippen LogP contribution in [-0.4, -0.2) is 41.3 Å². The molecule has 1 saturated carbocycles. The summed E-state index contributed by atoms with van der Waals surface area (Å²) in [4.78, 5) is 14.1. The standard InChI is InChI=1S/C21H25F3N2O2/c1-2-28-20(27)14-3-6-19-15(11-14)12-18(26(19)17-4-5-17)13-25-9-7-16(8-10-25)21(22,23)24/h3,6,11-12,16-17H,2,4-5,7-10,13H2,1H3. The van der Waals surface area contributed by atoms with Crippen molar-refractivity contribution in [1.82, 2.24) is 9.47 Å². The van der Waals surface area contributed by atoms with E-state index in [4.69, 9.17) is 4.74 Å². The summed E-state index contributed by atoms with van der Waals surface area (Å²) in [5.41, 5.74) is 2.72. The molecule has 2 fully saturated rings. The maximum atomic E-state index is 12.9. The van der Waals surface area contributed by atoms with E-state index in [9.17, 15) is 18.0 Å². The number of benzene rings is 1. The molecular formula is C21H25F3N2O2. The normalized spacial score (nSPS) is 19.3. The van der Waals surface area contributed by atoms with Crippen LogP contribution in [0.25, 0.3) is 10.9 Å². The molecule has 2 heterocycles. The van der Waals surface area contributed by atoms with Crippen molar-refractivity contribution in [3.63, 3.8) is 0 Å². The van der Waals surface area contributed by atoms with Gasteiger partial charge in [-0.05, 0) is 70.0 Å². The van der Waals surface area contributed by atoms with Gasteiger partial charge in [-0.3, -0.25) is 4.90 Å². The van der Waals surface area contributed by atoms with Crippen LogP contribution in [0, 0.1) is 5.92 Å². The van der Waals surface area contributed by atoms with Crippen molar-refractivity contribution < 1.29 is 22.7 Å². The average molecular weight is 394 g/mol. The van der Waals surface area contributed by atoms with E-state index >= 15 is 0 Å². The van der Waals surface area contributed by atoms with Gasteiger partial charge in [-0.25, -0.2) is 4.79 Å². The Morgan fingerprint density at radius 3 is 2.46 bits per heavy atom. The lowest BCUT2D eigenvalue weighted by atomic mass is 9.96. The number of rotatable bonds is 5. The number of aromatic nitrogens is 1. The van der Waals surface area contributed by atoms with E-state index in [-0.39, 0.29) is 18.8 Å².